The molecule has 0 atom stereocenters. The topological polar surface area (TPSA) is 83.7 Å². The van der Waals surface area contributed by atoms with Gasteiger partial charge in [0.05, 0.1) is 9.77 Å². The predicted molar refractivity (Wildman–Crippen MR) is 131 cm³/mol. The molecule has 0 radical (unpaired) electrons. The Kier molecular flexibility index (Phi) is 6.35. The number of nitrogens with zero attached hydrogens (tertiary/aromatic N) is 3. The summed E-state index contributed by atoms with van der Waals surface area (Å²) in [6.07, 6.45) is 0. The Morgan fingerprint density at radius 3 is 2.31 bits per heavy atom. The van der Waals surface area contributed by atoms with E-state index in [1.165, 1.54) is 23.5 Å². The number of oxazole rings is 1. The Morgan fingerprint density at radius 1 is 1.00 bits per heavy atom. The van der Waals surface area contributed by atoms with Crippen molar-refractivity contribution in [1.29, 1.82) is 0 Å². The second-order valence-electron chi connectivity index (χ2n) is 7.85. The van der Waals surface area contributed by atoms with E-state index in [2.05, 4.69) is 4.98 Å². The van der Waals surface area contributed by atoms with Gasteiger partial charge in [-0.1, -0.05) is 17.7 Å². The molecule has 5 rings (SSSR count). The lowest BCUT2D eigenvalue weighted by Gasteiger charge is -2.34. The number of aromatic nitrogens is 1. The fourth-order valence-corrected chi connectivity index (χ4v) is 5.89. The molecule has 1 fully saturated rings. The number of thiophene rings is 1. The molecule has 180 valence electrons. The monoisotopic (exact) mass is 531 g/mol. The molecule has 35 heavy (non-hydrogen) atoms. The van der Waals surface area contributed by atoms with Crippen LogP contribution in [0, 0.1) is 5.82 Å². The van der Waals surface area contributed by atoms with E-state index in [9.17, 15) is 17.6 Å². The number of carbonyl (C=O) groups excluding carboxylic acids is 1. The van der Waals surface area contributed by atoms with Crippen molar-refractivity contribution in [3.8, 4) is 10.8 Å². The molecular formula is C24H19ClFN3O4S2. The van der Waals surface area contributed by atoms with Crippen molar-refractivity contribution in [2.45, 2.75) is 9.92 Å². The highest BCUT2D eigenvalue weighted by Crippen LogP contribution is 2.36. The molecule has 4 aromatic rings. The van der Waals surface area contributed by atoms with Crippen LogP contribution in [0.4, 0.5) is 10.3 Å². The maximum atomic E-state index is 13.4. The van der Waals surface area contributed by atoms with Crippen LogP contribution < -0.4 is 4.90 Å². The molecular weight excluding hydrogens is 513 g/mol. The van der Waals surface area contributed by atoms with Gasteiger partial charge in [0.2, 0.25) is 26.6 Å². The van der Waals surface area contributed by atoms with Crippen LogP contribution in [0.2, 0.25) is 5.02 Å². The van der Waals surface area contributed by atoms with Crippen LogP contribution in [-0.4, -0.2) is 50.4 Å². The molecule has 3 heterocycles. The number of benzene rings is 2. The number of hydrogen-bond donors (Lipinski definition) is 0. The maximum absolute atomic E-state index is 13.4. The summed E-state index contributed by atoms with van der Waals surface area (Å²) >= 11 is 7.29. The molecule has 2 aromatic carbocycles. The first-order valence-corrected chi connectivity index (χ1v) is 13.4. The van der Waals surface area contributed by atoms with Crippen molar-refractivity contribution in [2.75, 3.05) is 31.1 Å². The lowest BCUT2D eigenvalue weighted by Crippen LogP contribution is -2.49. The Bertz CT molecular complexity index is 1450. The van der Waals surface area contributed by atoms with Gasteiger partial charge >= 0.3 is 0 Å². The summed E-state index contributed by atoms with van der Waals surface area (Å²) in [6.45, 7) is 1.44. The summed E-state index contributed by atoms with van der Waals surface area (Å²) in [5.41, 5.74) is 0.530. The van der Waals surface area contributed by atoms with Crippen LogP contribution in [-0.2, 0) is 9.84 Å². The van der Waals surface area contributed by atoms with Gasteiger partial charge in [0.25, 0.3) is 5.91 Å². The molecule has 0 aliphatic carbocycles. The molecule has 0 saturated carbocycles. The van der Waals surface area contributed by atoms with Gasteiger partial charge in [-0.15, -0.1) is 11.3 Å². The third kappa shape index (κ3) is 4.69. The number of hydrogen-bond acceptors (Lipinski definition) is 7. The molecule has 1 aliphatic rings. The Balaban J connectivity index is 1.44. The van der Waals surface area contributed by atoms with Gasteiger partial charge < -0.3 is 14.2 Å². The molecule has 0 unspecified atom stereocenters. The SMILES string of the molecule is O=C(c1ccc(Cl)cc1)N1CCN(c2oc(-c3cccs3)nc2S(=O)(=O)c2ccc(F)cc2)CC1. The Morgan fingerprint density at radius 2 is 1.69 bits per heavy atom. The zero-order chi connectivity index (χ0) is 24.6. The fraction of sp³-hybridized carbons (Fsp3) is 0.167. The smallest absolute Gasteiger partial charge is 0.253 e. The van der Waals surface area contributed by atoms with Crippen LogP contribution >= 0.6 is 22.9 Å². The summed E-state index contributed by atoms with van der Waals surface area (Å²) in [5, 5.41) is 2.16. The van der Waals surface area contributed by atoms with Crippen molar-refractivity contribution in [2.24, 2.45) is 0 Å². The molecule has 0 spiro atoms. The lowest BCUT2D eigenvalue weighted by atomic mass is 10.2. The van der Waals surface area contributed by atoms with E-state index in [0.717, 1.165) is 12.1 Å². The van der Waals surface area contributed by atoms with Crippen molar-refractivity contribution >= 4 is 44.6 Å². The number of sulfone groups is 1. The average Bonchev–Trinajstić information content (AvgIpc) is 3.55. The molecule has 2 aromatic heterocycles. The quantitative estimate of drug-likeness (QED) is 0.337. The zero-order valence-corrected chi connectivity index (χ0v) is 20.6. The standard InChI is InChI=1S/C24H19ClFN3O4S2/c25-17-5-3-16(4-6-17)23(30)28-11-13-29(14-12-28)24-22(27-21(33-24)20-2-1-15-34-20)35(31,32)19-9-7-18(26)8-10-19/h1-10,15H,11-14H2. The largest absolute Gasteiger partial charge is 0.418 e. The summed E-state index contributed by atoms with van der Waals surface area (Å²) in [7, 11) is -4.08. The zero-order valence-electron chi connectivity index (χ0n) is 18.2. The minimum atomic E-state index is -4.08. The molecule has 7 nitrogen and oxygen atoms in total. The van der Waals surface area contributed by atoms with Crippen molar-refractivity contribution in [3.05, 3.63) is 82.4 Å². The highest BCUT2D eigenvalue weighted by molar-refractivity contribution is 7.91. The molecule has 11 heteroatoms. The number of rotatable bonds is 5. The average molecular weight is 532 g/mol. The highest BCUT2D eigenvalue weighted by atomic mass is 35.5. The summed E-state index contributed by atoms with van der Waals surface area (Å²) in [4.78, 5) is 21.3. The van der Waals surface area contributed by atoms with Crippen LogP contribution in [0.25, 0.3) is 10.8 Å². The van der Waals surface area contributed by atoms with Gasteiger partial charge in [-0.3, -0.25) is 4.79 Å². The van der Waals surface area contributed by atoms with E-state index in [1.54, 1.807) is 40.1 Å². The van der Waals surface area contributed by atoms with E-state index in [4.69, 9.17) is 16.0 Å². The third-order valence-electron chi connectivity index (χ3n) is 5.64. The minimum absolute atomic E-state index is 0.0808. The Labute approximate surface area is 210 Å². The molecule has 1 amide bonds. The number of carbonyl (C=O) groups is 1. The normalized spacial score (nSPS) is 14.3. The summed E-state index contributed by atoms with van der Waals surface area (Å²) in [6, 6.07) is 14.9. The van der Waals surface area contributed by atoms with Gasteiger partial charge in [-0.25, -0.2) is 12.8 Å². The van der Waals surface area contributed by atoms with E-state index in [-0.39, 0.29) is 27.6 Å². The van der Waals surface area contributed by atoms with E-state index in [0.29, 0.717) is 41.6 Å². The maximum Gasteiger partial charge on any atom is 0.253 e. The van der Waals surface area contributed by atoms with E-state index in [1.807, 2.05) is 11.4 Å². The van der Waals surface area contributed by atoms with Crippen molar-refractivity contribution in [3.63, 3.8) is 0 Å². The second-order valence-corrected chi connectivity index (χ2v) is 11.1. The van der Waals surface area contributed by atoms with Gasteiger partial charge in [0, 0.05) is 36.8 Å². The number of halogens is 2. The second kappa shape index (κ2) is 9.44. The Hall–Kier alpha value is -3.21. The van der Waals surface area contributed by atoms with Crippen LogP contribution in [0.1, 0.15) is 10.4 Å². The van der Waals surface area contributed by atoms with E-state index >= 15 is 0 Å². The first-order chi connectivity index (χ1) is 16.8. The lowest BCUT2D eigenvalue weighted by molar-refractivity contribution is 0.0745. The fourth-order valence-electron chi connectivity index (χ4n) is 3.79. The first-order valence-electron chi connectivity index (χ1n) is 10.7. The third-order valence-corrected chi connectivity index (χ3v) is 8.41. The van der Waals surface area contributed by atoms with Crippen LogP contribution in [0.5, 0.6) is 0 Å². The van der Waals surface area contributed by atoms with Gasteiger partial charge in [-0.05, 0) is 60.0 Å². The van der Waals surface area contributed by atoms with Crippen molar-refractivity contribution in [1.82, 2.24) is 9.88 Å². The molecule has 1 saturated heterocycles. The summed E-state index contributed by atoms with van der Waals surface area (Å²) in [5.74, 6) is -0.367. The molecule has 1 aliphatic heterocycles. The van der Waals surface area contributed by atoms with Crippen LogP contribution in [0.3, 0.4) is 0 Å². The van der Waals surface area contributed by atoms with Gasteiger partial charge in [-0.2, -0.15) is 4.98 Å². The number of anilines is 1. The molecule has 0 N–H and O–H groups in total. The summed E-state index contributed by atoms with van der Waals surface area (Å²) < 4.78 is 46.3. The van der Waals surface area contributed by atoms with Gasteiger partial charge in [0.15, 0.2) is 0 Å². The van der Waals surface area contributed by atoms with Crippen molar-refractivity contribution < 1.29 is 22.0 Å². The first kappa shape index (κ1) is 23.5. The minimum Gasteiger partial charge on any atom is -0.418 e. The van der Waals surface area contributed by atoms with E-state index < -0.39 is 15.7 Å². The number of amides is 1. The van der Waals surface area contributed by atoms with Gasteiger partial charge in [0.1, 0.15) is 5.82 Å². The molecule has 0 bridgehead atoms. The number of piperazine rings is 1. The highest BCUT2D eigenvalue weighted by Gasteiger charge is 2.33. The predicted octanol–water partition coefficient (Wildman–Crippen LogP) is 4.99. The van der Waals surface area contributed by atoms with Crippen LogP contribution in [0.15, 0.2) is 80.4 Å².